The summed E-state index contributed by atoms with van der Waals surface area (Å²) in [5.41, 5.74) is 0. The third-order valence-electron chi connectivity index (χ3n) is 2.80. The van der Waals surface area contributed by atoms with Crippen molar-refractivity contribution < 1.29 is 4.79 Å². The molecule has 2 heterocycles. The van der Waals surface area contributed by atoms with Gasteiger partial charge < -0.3 is 10.6 Å². The monoisotopic (exact) mass is 275 g/mol. The minimum absolute atomic E-state index is 0. The van der Waals surface area contributed by atoms with Crippen molar-refractivity contribution in [2.45, 2.75) is 38.8 Å². The van der Waals surface area contributed by atoms with Crippen LogP contribution in [0.4, 0.5) is 0 Å². The predicted molar refractivity (Wildman–Crippen MR) is 72.1 cm³/mol. The number of thiazole rings is 1. The molecule has 17 heavy (non-hydrogen) atoms. The fourth-order valence-electron chi connectivity index (χ4n) is 1.99. The molecule has 4 nitrogen and oxygen atoms in total. The molecule has 0 aromatic carbocycles. The van der Waals surface area contributed by atoms with Crippen molar-refractivity contribution in [2.24, 2.45) is 0 Å². The molecule has 2 unspecified atom stereocenters. The number of carbonyl (C=O) groups is 1. The normalized spacial score (nSPS) is 23.9. The van der Waals surface area contributed by atoms with Crippen molar-refractivity contribution in [2.75, 3.05) is 6.54 Å². The molecule has 2 atom stereocenters. The van der Waals surface area contributed by atoms with Gasteiger partial charge in [-0.3, -0.25) is 4.79 Å². The van der Waals surface area contributed by atoms with Gasteiger partial charge in [0.25, 0.3) is 5.91 Å². The Bertz CT molecular complexity index is 383. The molecule has 0 spiro atoms. The molecule has 2 rings (SSSR count). The molecule has 1 aliphatic heterocycles. The molecule has 6 heteroatoms. The van der Waals surface area contributed by atoms with Crippen molar-refractivity contribution in [1.82, 2.24) is 15.6 Å². The Kier molecular flexibility index (Phi) is 5.36. The number of nitrogens with one attached hydrogen (secondary N) is 2. The summed E-state index contributed by atoms with van der Waals surface area (Å²) < 4.78 is 0. The van der Waals surface area contributed by atoms with Gasteiger partial charge >= 0.3 is 0 Å². The fraction of sp³-hybridized carbons (Fsp3) is 0.636. The lowest BCUT2D eigenvalue weighted by molar-refractivity contribution is 0.0929. The highest BCUT2D eigenvalue weighted by molar-refractivity contribution is 7.13. The number of rotatable bonds is 2. The smallest absolute Gasteiger partial charge is 0.263 e. The number of halogens is 1. The van der Waals surface area contributed by atoms with Crippen LogP contribution in [0.3, 0.4) is 0 Å². The van der Waals surface area contributed by atoms with Crippen LogP contribution in [0.25, 0.3) is 0 Å². The van der Waals surface area contributed by atoms with Crippen LogP contribution in [0.5, 0.6) is 0 Å². The van der Waals surface area contributed by atoms with Crippen molar-refractivity contribution in [3.63, 3.8) is 0 Å². The van der Waals surface area contributed by atoms with Crippen molar-refractivity contribution >= 4 is 29.7 Å². The van der Waals surface area contributed by atoms with Crippen LogP contribution in [-0.4, -0.2) is 29.5 Å². The maximum Gasteiger partial charge on any atom is 0.263 e. The summed E-state index contributed by atoms with van der Waals surface area (Å²) in [6.07, 6.45) is 3.66. The molecule has 0 saturated carbocycles. The van der Waals surface area contributed by atoms with Crippen molar-refractivity contribution in [1.29, 1.82) is 0 Å². The van der Waals surface area contributed by atoms with E-state index in [9.17, 15) is 4.79 Å². The summed E-state index contributed by atoms with van der Waals surface area (Å²) in [6, 6.07) is 0.786. The molecular weight excluding hydrogens is 258 g/mol. The Labute approximate surface area is 112 Å². The molecule has 1 aliphatic rings. The molecule has 0 bridgehead atoms. The van der Waals surface area contributed by atoms with Gasteiger partial charge in [0, 0.05) is 12.1 Å². The minimum Gasteiger partial charge on any atom is -0.348 e. The van der Waals surface area contributed by atoms with Crippen LogP contribution in [-0.2, 0) is 0 Å². The average Bonchev–Trinajstić information content (AvgIpc) is 2.65. The van der Waals surface area contributed by atoms with Gasteiger partial charge in [0.1, 0.15) is 4.88 Å². The Morgan fingerprint density at radius 3 is 3.00 bits per heavy atom. The van der Waals surface area contributed by atoms with Gasteiger partial charge in [-0.25, -0.2) is 4.98 Å². The maximum atomic E-state index is 11.9. The van der Waals surface area contributed by atoms with E-state index in [1.165, 1.54) is 11.3 Å². The molecule has 0 aliphatic carbocycles. The number of hydrogen-bond acceptors (Lipinski definition) is 4. The van der Waals surface area contributed by atoms with E-state index >= 15 is 0 Å². The van der Waals surface area contributed by atoms with Gasteiger partial charge in [-0.15, -0.1) is 23.7 Å². The first-order chi connectivity index (χ1) is 7.65. The molecular formula is C11H18ClN3OS. The molecule has 2 N–H and O–H groups in total. The summed E-state index contributed by atoms with van der Waals surface area (Å²) in [5, 5.41) is 7.37. The summed E-state index contributed by atoms with van der Waals surface area (Å²) in [4.78, 5) is 16.7. The van der Waals surface area contributed by atoms with Gasteiger partial charge in [0.15, 0.2) is 0 Å². The number of amides is 1. The molecule has 1 fully saturated rings. The quantitative estimate of drug-likeness (QED) is 0.865. The van der Waals surface area contributed by atoms with Gasteiger partial charge in [-0.2, -0.15) is 0 Å². The van der Waals surface area contributed by atoms with E-state index in [0.29, 0.717) is 17.0 Å². The van der Waals surface area contributed by atoms with E-state index in [1.807, 2.05) is 6.92 Å². The Hall–Kier alpha value is -0.650. The van der Waals surface area contributed by atoms with Gasteiger partial charge in [-0.05, 0) is 33.2 Å². The summed E-state index contributed by atoms with van der Waals surface area (Å²) >= 11 is 1.45. The van der Waals surface area contributed by atoms with Crippen LogP contribution in [0, 0.1) is 6.92 Å². The molecule has 96 valence electrons. The molecule has 0 radical (unpaired) electrons. The minimum atomic E-state index is 0. The zero-order chi connectivity index (χ0) is 11.5. The second-order valence-electron chi connectivity index (χ2n) is 4.29. The summed E-state index contributed by atoms with van der Waals surface area (Å²) in [6.45, 7) is 5.04. The van der Waals surface area contributed by atoms with Crippen LogP contribution in [0.2, 0.25) is 0 Å². The zero-order valence-electron chi connectivity index (χ0n) is 10.0. The van der Waals surface area contributed by atoms with E-state index in [2.05, 4.69) is 22.5 Å². The largest absolute Gasteiger partial charge is 0.348 e. The lowest BCUT2D eigenvalue weighted by Crippen LogP contribution is -2.46. The Morgan fingerprint density at radius 1 is 1.65 bits per heavy atom. The maximum absolute atomic E-state index is 11.9. The topological polar surface area (TPSA) is 54.0 Å². The number of aryl methyl sites for hydroxylation is 1. The first-order valence-corrected chi connectivity index (χ1v) is 6.43. The zero-order valence-corrected chi connectivity index (χ0v) is 11.7. The van der Waals surface area contributed by atoms with Gasteiger partial charge in [0.05, 0.1) is 11.2 Å². The van der Waals surface area contributed by atoms with E-state index in [4.69, 9.17) is 0 Å². The van der Waals surface area contributed by atoms with Crippen molar-refractivity contribution in [3.05, 3.63) is 16.1 Å². The summed E-state index contributed by atoms with van der Waals surface area (Å²) in [7, 11) is 0. The third kappa shape index (κ3) is 3.94. The van der Waals surface area contributed by atoms with E-state index in [-0.39, 0.29) is 18.3 Å². The molecule has 1 aromatic heterocycles. The standard InChI is InChI=1S/C11H17N3OS.ClH/c1-7-5-9(3-4-12-7)14-11(15)10-6-13-8(2)16-10;/h6-7,9,12H,3-5H2,1-2H3,(H,14,15);1H. The number of carbonyl (C=O) groups excluding carboxylic acids is 1. The van der Waals surface area contributed by atoms with Crippen LogP contribution < -0.4 is 10.6 Å². The van der Waals surface area contributed by atoms with E-state index in [1.54, 1.807) is 6.20 Å². The van der Waals surface area contributed by atoms with Gasteiger partial charge in [-0.1, -0.05) is 0 Å². The second kappa shape index (κ2) is 6.33. The number of piperidine rings is 1. The SMILES string of the molecule is Cc1ncc(C(=O)NC2CCNC(C)C2)s1.Cl. The molecule has 1 amide bonds. The predicted octanol–water partition coefficient (Wildman–Crippen LogP) is 1.74. The highest BCUT2D eigenvalue weighted by Crippen LogP contribution is 2.13. The third-order valence-corrected chi connectivity index (χ3v) is 3.72. The molecule has 1 aromatic rings. The van der Waals surface area contributed by atoms with Gasteiger partial charge in [0.2, 0.25) is 0 Å². The van der Waals surface area contributed by atoms with Crippen LogP contribution in [0.1, 0.15) is 34.4 Å². The Balaban J connectivity index is 0.00000144. The lowest BCUT2D eigenvalue weighted by Gasteiger charge is -2.28. The van der Waals surface area contributed by atoms with E-state index < -0.39 is 0 Å². The first kappa shape index (κ1) is 14.4. The van der Waals surface area contributed by atoms with Crippen LogP contribution >= 0.6 is 23.7 Å². The average molecular weight is 276 g/mol. The van der Waals surface area contributed by atoms with Crippen LogP contribution in [0.15, 0.2) is 6.20 Å². The number of hydrogen-bond donors (Lipinski definition) is 2. The van der Waals surface area contributed by atoms with E-state index in [0.717, 1.165) is 24.4 Å². The fourth-order valence-corrected chi connectivity index (χ4v) is 2.67. The van der Waals surface area contributed by atoms with Crippen molar-refractivity contribution in [3.8, 4) is 0 Å². The highest BCUT2D eigenvalue weighted by atomic mass is 35.5. The lowest BCUT2D eigenvalue weighted by atomic mass is 10.0. The second-order valence-corrected chi connectivity index (χ2v) is 5.53. The molecule has 1 saturated heterocycles. The number of aromatic nitrogens is 1. The summed E-state index contributed by atoms with van der Waals surface area (Å²) in [5.74, 6) is 0.0182. The number of nitrogens with zero attached hydrogens (tertiary/aromatic N) is 1. The highest BCUT2D eigenvalue weighted by Gasteiger charge is 2.21. The Morgan fingerprint density at radius 2 is 2.41 bits per heavy atom. The first-order valence-electron chi connectivity index (χ1n) is 5.62.